The number of benzene rings is 2. The lowest BCUT2D eigenvalue weighted by Crippen LogP contribution is -2.30. The van der Waals surface area contributed by atoms with Gasteiger partial charge in [-0.15, -0.1) is 0 Å². The lowest BCUT2D eigenvalue weighted by atomic mass is 10.0. The molecule has 0 aliphatic carbocycles. The molecule has 0 atom stereocenters. The Morgan fingerprint density at radius 3 is 2.45 bits per heavy atom. The Morgan fingerprint density at radius 2 is 1.72 bits per heavy atom. The van der Waals surface area contributed by atoms with Gasteiger partial charge in [-0.05, 0) is 82.9 Å². The topological polar surface area (TPSA) is 41.6 Å². The highest BCUT2D eigenvalue weighted by molar-refractivity contribution is 5.91. The highest BCUT2D eigenvalue weighted by Crippen LogP contribution is 2.31. The largest absolute Gasteiger partial charge is 0.490 e. The summed E-state index contributed by atoms with van der Waals surface area (Å²) in [4.78, 5) is 14.8. The first kappa shape index (κ1) is 21.4. The van der Waals surface area contributed by atoms with E-state index in [-0.39, 0.29) is 12.0 Å². The molecule has 1 N–H and O–H groups in total. The number of nitrogens with zero attached hydrogens (tertiary/aromatic N) is 1. The van der Waals surface area contributed by atoms with Crippen LogP contribution in [0.4, 0.5) is 5.69 Å². The Hall–Kier alpha value is -2.33. The van der Waals surface area contributed by atoms with Crippen LogP contribution in [0.3, 0.4) is 0 Å². The van der Waals surface area contributed by atoms with Crippen molar-refractivity contribution >= 4 is 11.6 Å². The quantitative estimate of drug-likeness (QED) is 0.552. The van der Waals surface area contributed by atoms with Gasteiger partial charge < -0.3 is 15.0 Å². The highest BCUT2D eigenvalue weighted by atomic mass is 16.5. The fraction of sp³-hybridized carbons (Fsp3) is 0.480. The molecule has 0 spiro atoms. The molecular formula is C25H34N2O2. The number of amides is 1. The first-order chi connectivity index (χ1) is 14.1. The van der Waals surface area contributed by atoms with Gasteiger partial charge >= 0.3 is 0 Å². The van der Waals surface area contributed by atoms with Crippen LogP contribution in [0.5, 0.6) is 5.75 Å². The summed E-state index contributed by atoms with van der Waals surface area (Å²) < 4.78 is 5.92. The number of carbonyl (C=O) groups is 1. The predicted molar refractivity (Wildman–Crippen MR) is 120 cm³/mol. The van der Waals surface area contributed by atoms with Crippen molar-refractivity contribution in [2.75, 3.05) is 25.0 Å². The zero-order valence-electron chi connectivity index (χ0n) is 17.8. The van der Waals surface area contributed by atoms with Crippen LogP contribution in [0.25, 0.3) is 11.1 Å². The van der Waals surface area contributed by atoms with Gasteiger partial charge in [-0.2, -0.15) is 0 Å². The van der Waals surface area contributed by atoms with Crippen LogP contribution in [0.1, 0.15) is 52.4 Å². The molecule has 29 heavy (non-hydrogen) atoms. The number of para-hydroxylation sites is 1. The van der Waals surface area contributed by atoms with Crippen molar-refractivity contribution in [3.05, 3.63) is 48.5 Å². The molecule has 3 rings (SSSR count). The maximum Gasteiger partial charge on any atom is 0.224 e. The van der Waals surface area contributed by atoms with Crippen LogP contribution in [-0.2, 0) is 4.79 Å². The Kier molecular flexibility index (Phi) is 8.12. The van der Waals surface area contributed by atoms with E-state index in [1.807, 2.05) is 56.3 Å². The molecule has 0 unspecified atom stereocenters. The summed E-state index contributed by atoms with van der Waals surface area (Å²) in [5.41, 5.74) is 3.00. The number of hydrogen-bond acceptors (Lipinski definition) is 3. The molecular weight excluding hydrogens is 360 g/mol. The minimum atomic E-state index is 0.0972. The number of unbranched alkanes of at least 4 members (excludes halogenated alkanes) is 1. The molecule has 4 nitrogen and oxygen atoms in total. The van der Waals surface area contributed by atoms with E-state index < -0.39 is 0 Å². The summed E-state index contributed by atoms with van der Waals surface area (Å²) >= 11 is 0. The molecule has 156 valence electrons. The number of hydrogen-bond donors (Lipinski definition) is 1. The van der Waals surface area contributed by atoms with Gasteiger partial charge in [-0.1, -0.05) is 36.8 Å². The SMILES string of the molecule is CC(C)Oc1ccccc1-c1ccc(NC(=O)CCCCN2CCCCC2)cc1. The van der Waals surface area contributed by atoms with Crippen LogP contribution >= 0.6 is 0 Å². The standard InChI is InChI=1S/C25H34N2O2/c1-20(2)29-24-11-5-4-10-23(24)21-13-15-22(16-14-21)26-25(28)12-6-9-19-27-17-7-3-8-18-27/h4-5,10-11,13-16,20H,3,6-9,12,17-19H2,1-2H3,(H,26,28). The van der Waals surface area contributed by atoms with Crippen LogP contribution in [-0.4, -0.2) is 36.5 Å². The maximum atomic E-state index is 12.2. The van der Waals surface area contributed by atoms with Crippen molar-refractivity contribution in [3.8, 4) is 16.9 Å². The summed E-state index contributed by atoms with van der Waals surface area (Å²) in [7, 11) is 0. The third-order valence-corrected chi connectivity index (χ3v) is 5.31. The molecule has 4 heteroatoms. The number of ether oxygens (including phenoxy) is 1. The number of rotatable bonds is 9. The number of carbonyl (C=O) groups excluding carboxylic acids is 1. The lowest BCUT2D eigenvalue weighted by Gasteiger charge is -2.26. The second kappa shape index (κ2) is 11.0. The number of anilines is 1. The van der Waals surface area contributed by atoms with E-state index in [0.29, 0.717) is 6.42 Å². The molecule has 0 aromatic heterocycles. The van der Waals surface area contributed by atoms with Gasteiger partial charge in [0.2, 0.25) is 5.91 Å². The third-order valence-electron chi connectivity index (χ3n) is 5.31. The summed E-state index contributed by atoms with van der Waals surface area (Å²) in [6, 6.07) is 16.1. The molecule has 0 radical (unpaired) electrons. The van der Waals surface area contributed by atoms with E-state index in [4.69, 9.17) is 4.74 Å². The maximum absolute atomic E-state index is 12.2. The number of nitrogens with one attached hydrogen (secondary N) is 1. The van der Waals surface area contributed by atoms with Gasteiger partial charge in [0.05, 0.1) is 6.10 Å². The first-order valence-electron chi connectivity index (χ1n) is 11.0. The van der Waals surface area contributed by atoms with E-state index in [1.165, 1.54) is 32.4 Å². The monoisotopic (exact) mass is 394 g/mol. The molecule has 1 aliphatic heterocycles. The summed E-state index contributed by atoms with van der Waals surface area (Å²) in [6.07, 6.45) is 6.77. The van der Waals surface area contributed by atoms with Crippen LogP contribution in [0, 0.1) is 0 Å². The van der Waals surface area contributed by atoms with Crippen molar-refractivity contribution in [3.63, 3.8) is 0 Å². The van der Waals surface area contributed by atoms with Crippen LogP contribution < -0.4 is 10.1 Å². The normalized spacial score (nSPS) is 14.7. The van der Waals surface area contributed by atoms with Gasteiger partial charge in [0.15, 0.2) is 0 Å². The Bertz CT molecular complexity index is 765. The third kappa shape index (κ3) is 6.90. The van der Waals surface area contributed by atoms with Gasteiger partial charge in [0.25, 0.3) is 0 Å². The summed E-state index contributed by atoms with van der Waals surface area (Å²) in [6.45, 7) is 7.64. The van der Waals surface area contributed by atoms with Crippen molar-refractivity contribution < 1.29 is 9.53 Å². The minimum absolute atomic E-state index is 0.0972. The highest BCUT2D eigenvalue weighted by Gasteiger charge is 2.10. The van der Waals surface area contributed by atoms with Crippen molar-refractivity contribution in [1.82, 2.24) is 4.90 Å². The summed E-state index contributed by atoms with van der Waals surface area (Å²) in [5.74, 6) is 0.980. The average molecular weight is 395 g/mol. The molecule has 1 fully saturated rings. The molecule has 1 saturated heterocycles. The van der Waals surface area contributed by atoms with Gasteiger partial charge in [0, 0.05) is 17.7 Å². The molecule has 2 aromatic rings. The molecule has 1 amide bonds. The Balaban J connectivity index is 1.47. The Labute approximate surface area is 175 Å². The van der Waals surface area contributed by atoms with Gasteiger partial charge in [-0.3, -0.25) is 4.79 Å². The fourth-order valence-electron chi connectivity index (χ4n) is 3.82. The minimum Gasteiger partial charge on any atom is -0.490 e. The van der Waals surface area contributed by atoms with Gasteiger partial charge in [-0.25, -0.2) is 0 Å². The van der Waals surface area contributed by atoms with Gasteiger partial charge in [0.1, 0.15) is 5.75 Å². The molecule has 0 saturated carbocycles. The second-order valence-corrected chi connectivity index (χ2v) is 8.15. The van der Waals surface area contributed by atoms with Crippen LogP contribution in [0.15, 0.2) is 48.5 Å². The molecule has 1 heterocycles. The molecule has 0 bridgehead atoms. The van der Waals surface area contributed by atoms with Crippen molar-refractivity contribution in [1.29, 1.82) is 0 Å². The van der Waals surface area contributed by atoms with E-state index in [0.717, 1.165) is 42.0 Å². The fourth-order valence-corrected chi connectivity index (χ4v) is 3.82. The first-order valence-corrected chi connectivity index (χ1v) is 11.0. The molecule has 2 aromatic carbocycles. The predicted octanol–water partition coefficient (Wildman–Crippen LogP) is 5.74. The van der Waals surface area contributed by atoms with Crippen molar-refractivity contribution in [2.45, 2.75) is 58.5 Å². The van der Waals surface area contributed by atoms with E-state index in [9.17, 15) is 4.79 Å². The smallest absolute Gasteiger partial charge is 0.224 e. The number of piperidine rings is 1. The van der Waals surface area contributed by atoms with Crippen molar-refractivity contribution in [2.24, 2.45) is 0 Å². The molecule has 1 aliphatic rings. The zero-order chi connectivity index (χ0) is 20.5. The second-order valence-electron chi connectivity index (χ2n) is 8.15. The zero-order valence-corrected chi connectivity index (χ0v) is 17.8. The summed E-state index contributed by atoms with van der Waals surface area (Å²) in [5, 5.41) is 3.02. The van der Waals surface area contributed by atoms with E-state index in [2.05, 4.69) is 16.3 Å². The number of likely N-dealkylation sites (tertiary alicyclic amines) is 1. The van der Waals surface area contributed by atoms with E-state index in [1.54, 1.807) is 0 Å². The van der Waals surface area contributed by atoms with Crippen LogP contribution in [0.2, 0.25) is 0 Å². The lowest BCUT2D eigenvalue weighted by molar-refractivity contribution is -0.116. The Morgan fingerprint density at radius 1 is 1.00 bits per heavy atom. The average Bonchev–Trinajstić information content (AvgIpc) is 2.73. The van der Waals surface area contributed by atoms with E-state index >= 15 is 0 Å².